The van der Waals surface area contributed by atoms with E-state index in [9.17, 15) is 14.3 Å². The zero-order valence-corrected chi connectivity index (χ0v) is 10.9. The number of amides is 1. The fourth-order valence-corrected chi connectivity index (χ4v) is 1.68. The van der Waals surface area contributed by atoms with E-state index in [0.29, 0.717) is 11.3 Å². The Hall–Kier alpha value is -2.56. The molecular formula is C15H14FNO3. The average molecular weight is 275 g/mol. The molecule has 0 aliphatic heterocycles. The van der Waals surface area contributed by atoms with E-state index in [1.807, 2.05) is 0 Å². The summed E-state index contributed by atoms with van der Waals surface area (Å²) in [6.45, 7) is 1.46. The van der Waals surface area contributed by atoms with E-state index in [1.54, 1.807) is 25.1 Å². The number of phenolic OH excluding ortho intramolecular Hbond substituents is 1. The van der Waals surface area contributed by atoms with E-state index in [1.165, 1.54) is 24.3 Å². The molecule has 2 rings (SSSR count). The van der Waals surface area contributed by atoms with Gasteiger partial charge >= 0.3 is 0 Å². The maximum atomic E-state index is 12.9. The highest BCUT2D eigenvalue weighted by atomic mass is 19.1. The van der Waals surface area contributed by atoms with E-state index in [4.69, 9.17) is 4.74 Å². The van der Waals surface area contributed by atoms with E-state index in [-0.39, 0.29) is 29.8 Å². The summed E-state index contributed by atoms with van der Waals surface area (Å²) in [5.74, 6) is -0.536. The monoisotopic (exact) mass is 275 g/mol. The molecule has 20 heavy (non-hydrogen) atoms. The fraction of sp³-hybridized carbons (Fsp3) is 0.133. The second-order valence-electron chi connectivity index (χ2n) is 4.26. The summed E-state index contributed by atoms with van der Waals surface area (Å²) in [7, 11) is 0. The molecule has 104 valence electrons. The number of carbonyl (C=O) groups is 1. The third-order valence-electron chi connectivity index (χ3n) is 2.69. The lowest BCUT2D eigenvalue weighted by molar-refractivity contribution is -0.118. The first kappa shape index (κ1) is 13.9. The van der Waals surface area contributed by atoms with Crippen molar-refractivity contribution in [3.05, 3.63) is 53.8 Å². The van der Waals surface area contributed by atoms with Crippen LogP contribution < -0.4 is 10.1 Å². The number of anilines is 1. The Morgan fingerprint density at radius 2 is 2.05 bits per heavy atom. The van der Waals surface area contributed by atoms with Gasteiger partial charge in [-0.1, -0.05) is 12.1 Å². The summed E-state index contributed by atoms with van der Waals surface area (Å²) in [4.78, 5) is 11.7. The number of aryl methyl sites for hydroxylation is 1. The standard InChI is InChI=1S/C15H14FNO3/c1-10-8-11(16)6-7-12(10)17-15(19)9-20-14-5-3-2-4-13(14)18/h2-8,18H,9H2,1H3,(H,17,19). The van der Waals surface area contributed by atoms with E-state index >= 15 is 0 Å². The number of ether oxygens (including phenoxy) is 1. The van der Waals surface area contributed by atoms with Crippen molar-refractivity contribution < 1.29 is 19.0 Å². The highest BCUT2D eigenvalue weighted by Gasteiger charge is 2.08. The minimum Gasteiger partial charge on any atom is -0.504 e. The molecule has 0 aromatic heterocycles. The van der Waals surface area contributed by atoms with Crippen LogP contribution >= 0.6 is 0 Å². The Kier molecular flexibility index (Phi) is 4.20. The fourth-order valence-electron chi connectivity index (χ4n) is 1.68. The van der Waals surface area contributed by atoms with Crippen LogP contribution in [0, 0.1) is 12.7 Å². The number of rotatable bonds is 4. The van der Waals surface area contributed by atoms with Gasteiger partial charge in [-0.3, -0.25) is 4.79 Å². The van der Waals surface area contributed by atoms with Crippen LogP contribution in [-0.4, -0.2) is 17.6 Å². The largest absolute Gasteiger partial charge is 0.504 e. The molecule has 0 aliphatic rings. The van der Waals surface area contributed by atoms with Crippen LogP contribution in [0.3, 0.4) is 0 Å². The number of hydrogen-bond donors (Lipinski definition) is 2. The first-order valence-corrected chi connectivity index (χ1v) is 6.03. The van der Waals surface area contributed by atoms with Crippen molar-refractivity contribution in [2.75, 3.05) is 11.9 Å². The molecule has 0 heterocycles. The Balaban J connectivity index is 1.94. The molecule has 5 heteroatoms. The molecule has 0 saturated carbocycles. The van der Waals surface area contributed by atoms with E-state index < -0.39 is 0 Å². The number of halogens is 1. The van der Waals surface area contributed by atoms with Gasteiger partial charge in [0.1, 0.15) is 5.82 Å². The van der Waals surface area contributed by atoms with Gasteiger partial charge in [-0.2, -0.15) is 0 Å². The lowest BCUT2D eigenvalue weighted by atomic mass is 10.2. The summed E-state index contributed by atoms with van der Waals surface area (Å²) in [6, 6.07) is 10.5. The van der Waals surface area contributed by atoms with Gasteiger partial charge in [0.15, 0.2) is 18.1 Å². The van der Waals surface area contributed by atoms with Crippen molar-refractivity contribution in [1.82, 2.24) is 0 Å². The molecule has 0 unspecified atom stereocenters. The van der Waals surface area contributed by atoms with Crippen molar-refractivity contribution in [2.45, 2.75) is 6.92 Å². The van der Waals surface area contributed by atoms with Crippen LogP contribution in [0.2, 0.25) is 0 Å². The second-order valence-corrected chi connectivity index (χ2v) is 4.26. The van der Waals surface area contributed by atoms with Crippen LogP contribution in [0.15, 0.2) is 42.5 Å². The van der Waals surface area contributed by atoms with Gasteiger partial charge in [0.2, 0.25) is 0 Å². The lowest BCUT2D eigenvalue weighted by Gasteiger charge is -2.10. The molecule has 0 bridgehead atoms. The molecule has 2 aromatic rings. The molecule has 0 aliphatic carbocycles. The summed E-state index contributed by atoms with van der Waals surface area (Å²) >= 11 is 0. The summed E-state index contributed by atoms with van der Waals surface area (Å²) < 4.78 is 18.1. The minimum absolute atomic E-state index is 0.0294. The van der Waals surface area contributed by atoms with Gasteiger partial charge in [0.05, 0.1) is 0 Å². The van der Waals surface area contributed by atoms with Crippen molar-refractivity contribution >= 4 is 11.6 Å². The molecule has 0 radical (unpaired) electrons. The third-order valence-corrected chi connectivity index (χ3v) is 2.69. The molecule has 1 amide bonds. The number of para-hydroxylation sites is 2. The van der Waals surface area contributed by atoms with Crippen LogP contribution in [0.5, 0.6) is 11.5 Å². The summed E-state index contributed by atoms with van der Waals surface area (Å²) in [5, 5.41) is 12.1. The van der Waals surface area contributed by atoms with Crippen LogP contribution in [-0.2, 0) is 4.79 Å². The number of nitrogens with one attached hydrogen (secondary N) is 1. The van der Waals surface area contributed by atoms with Crippen LogP contribution in [0.4, 0.5) is 10.1 Å². The van der Waals surface area contributed by atoms with Crippen LogP contribution in [0.1, 0.15) is 5.56 Å². The highest BCUT2D eigenvalue weighted by molar-refractivity contribution is 5.92. The lowest BCUT2D eigenvalue weighted by Crippen LogP contribution is -2.20. The maximum Gasteiger partial charge on any atom is 0.262 e. The molecule has 0 saturated heterocycles. The molecular weight excluding hydrogens is 261 g/mol. The first-order valence-electron chi connectivity index (χ1n) is 6.03. The molecule has 2 aromatic carbocycles. The van der Waals surface area contributed by atoms with E-state index in [2.05, 4.69) is 5.32 Å². The van der Waals surface area contributed by atoms with Crippen molar-refractivity contribution in [3.8, 4) is 11.5 Å². The van der Waals surface area contributed by atoms with Crippen molar-refractivity contribution in [1.29, 1.82) is 0 Å². The smallest absolute Gasteiger partial charge is 0.262 e. The van der Waals surface area contributed by atoms with Crippen LogP contribution in [0.25, 0.3) is 0 Å². The third kappa shape index (κ3) is 3.47. The minimum atomic E-state index is -0.386. The van der Waals surface area contributed by atoms with Gasteiger partial charge in [0.25, 0.3) is 5.91 Å². The molecule has 0 spiro atoms. The first-order chi connectivity index (χ1) is 9.56. The molecule has 0 fully saturated rings. The molecule has 4 nitrogen and oxygen atoms in total. The number of phenols is 1. The number of aromatic hydroxyl groups is 1. The van der Waals surface area contributed by atoms with Gasteiger partial charge in [-0.05, 0) is 42.8 Å². The Morgan fingerprint density at radius 1 is 1.30 bits per heavy atom. The summed E-state index contributed by atoms with van der Waals surface area (Å²) in [5.41, 5.74) is 1.15. The number of hydrogen-bond acceptors (Lipinski definition) is 3. The van der Waals surface area contributed by atoms with Crippen molar-refractivity contribution in [2.24, 2.45) is 0 Å². The topological polar surface area (TPSA) is 58.6 Å². The van der Waals surface area contributed by atoms with Crippen molar-refractivity contribution in [3.63, 3.8) is 0 Å². The normalized spacial score (nSPS) is 10.1. The number of benzene rings is 2. The number of carbonyl (C=O) groups excluding carboxylic acids is 1. The maximum absolute atomic E-state index is 12.9. The van der Waals surface area contributed by atoms with Gasteiger partial charge in [0, 0.05) is 5.69 Å². The van der Waals surface area contributed by atoms with Gasteiger partial charge in [-0.15, -0.1) is 0 Å². The second kappa shape index (κ2) is 6.06. The van der Waals surface area contributed by atoms with Gasteiger partial charge in [-0.25, -0.2) is 4.39 Å². The van der Waals surface area contributed by atoms with E-state index in [0.717, 1.165) is 0 Å². The predicted octanol–water partition coefficient (Wildman–Crippen LogP) is 2.86. The van der Waals surface area contributed by atoms with Gasteiger partial charge < -0.3 is 15.2 Å². The molecule has 0 atom stereocenters. The quantitative estimate of drug-likeness (QED) is 0.902. The summed E-state index contributed by atoms with van der Waals surface area (Å²) in [6.07, 6.45) is 0. The SMILES string of the molecule is Cc1cc(F)ccc1NC(=O)COc1ccccc1O. The zero-order valence-electron chi connectivity index (χ0n) is 10.9. The Bertz CT molecular complexity index is 628. The molecule has 2 N–H and O–H groups in total. The highest BCUT2D eigenvalue weighted by Crippen LogP contribution is 2.24. The Labute approximate surface area is 115 Å². The zero-order chi connectivity index (χ0) is 14.5. The Morgan fingerprint density at radius 3 is 2.75 bits per heavy atom. The predicted molar refractivity (Wildman–Crippen MR) is 73.4 cm³/mol. The average Bonchev–Trinajstić information content (AvgIpc) is 2.41.